The highest BCUT2D eigenvalue weighted by molar-refractivity contribution is 6.44. The van der Waals surface area contributed by atoms with Crippen molar-refractivity contribution in [1.82, 2.24) is 0 Å². The van der Waals surface area contributed by atoms with Crippen molar-refractivity contribution in [2.45, 2.75) is 49.7 Å². The summed E-state index contributed by atoms with van der Waals surface area (Å²) in [5.74, 6) is 0. The Kier molecular flexibility index (Phi) is 9.25. The minimum absolute atomic E-state index is 0.152. The van der Waals surface area contributed by atoms with Crippen LogP contribution in [-0.4, -0.2) is 12.7 Å². The normalized spacial score (nSPS) is 10.8. The van der Waals surface area contributed by atoms with Crippen LogP contribution >= 0.6 is 23.2 Å². The largest absolute Gasteiger partial charge is 0.107 e. The van der Waals surface area contributed by atoms with Gasteiger partial charge in [0.1, 0.15) is 12.7 Å². The van der Waals surface area contributed by atoms with Crippen molar-refractivity contribution in [2.24, 2.45) is 0 Å². The molecule has 3 heteroatoms. The summed E-state index contributed by atoms with van der Waals surface area (Å²) in [5.41, 5.74) is 0. The molecule has 0 rings (SSSR count). The number of halogens is 2. The molecule has 0 radical (unpaired) electrons. The molecule has 0 heterocycles. The molecule has 0 aliphatic carbocycles. The van der Waals surface area contributed by atoms with Crippen LogP contribution in [0.3, 0.4) is 0 Å². The molecule has 0 N–H and O–H groups in total. The molecule has 0 saturated heterocycles. The van der Waals surface area contributed by atoms with Crippen LogP contribution in [-0.2, 0) is 0 Å². The molecule has 0 spiro atoms. The van der Waals surface area contributed by atoms with Gasteiger partial charge in [-0.05, 0) is 6.42 Å². The lowest BCUT2D eigenvalue weighted by Gasteiger charge is -2.00. The molecule has 0 atom stereocenters. The van der Waals surface area contributed by atoms with E-state index < -0.39 is 0 Å². The molecule has 0 aliphatic heterocycles. The van der Waals surface area contributed by atoms with Crippen LogP contribution in [0.5, 0.6) is 0 Å². The van der Waals surface area contributed by atoms with E-state index in [0.717, 1.165) is 6.42 Å². The molecule has 0 aromatic rings. The van der Waals surface area contributed by atoms with Gasteiger partial charge in [-0.3, -0.25) is 0 Å². The third-order valence-corrected chi connectivity index (χ3v) is 2.21. The maximum absolute atomic E-state index is 5.58. The quantitative estimate of drug-likeness (QED) is 0.332. The molecule has 0 nitrogen and oxygen atoms in total. The van der Waals surface area contributed by atoms with Crippen LogP contribution in [0.1, 0.15) is 38.5 Å². The molecule has 0 bridgehead atoms. The second-order valence-electron chi connectivity index (χ2n) is 2.95. The molecule has 0 aliphatic rings. The average Bonchev–Trinajstić information content (AvgIpc) is 1.96. The van der Waals surface area contributed by atoms with E-state index >= 15 is 0 Å². The summed E-state index contributed by atoms with van der Waals surface area (Å²) in [4.78, 5) is -0.152. The van der Waals surface area contributed by atoms with Crippen LogP contribution in [0.2, 0.25) is 6.32 Å². The molecule has 0 amide bonds. The first-order chi connectivity index (χ1) is 5.27. The molecular weight excluding hydrogens is 178 g/mol. The lowest BCUT2D eigenvalue weighted by Crippen LogP contribution is -1.86. The zero-order valence-corrected chi connectivity index (χ0v) is 8.79. The van der Waals surface area contributed by atoms with Crippen LogP contribution in [0.15, 0.2) is 0 Å². The van der Waals surface area contributed by atoms with Crippen molar-refractivity contribution in [1.29, 1.82) is 0 Å². The maximum Gasteiger partial charge on any atom is 0.107 e. The minimum atomic E-state index is -0.152. The van der Waals surface area contributed by atoms with E-state index in [0.29, 0.717) is 0 Å². The van der Waals surface area contributed by atoms with E-state index in [1.54, 1.807) is 0 Å². The molecule has 0 aromatic heterocycles. The second-order valence-corrected chi connectivity index (χ2v) is 4.22. The number of rotatable bonds is 7. The van der Waals surface area contributed by atoms with Gasteiger partial charge in [-0.15, -0.1) is 23.2 Å². The Morgan fingerprint density at radius 3 is 2.00 bits per heavy atom. The second kappa shape index (κ2) is 8.74. The van der Waals surface area contributed by atoms with E-state index in [9.17, 15) is 0 Å². The van der Waals surface area contributed by atoms with E-state index in [-0.39, 0.29) is 4.84 Å². The number of hydrogen-bond acceptors (Lipinski definition) is 0. The highest BCUT2D eigenvalue weighted by atomic mass is 35.5. The Morgan fingerprint density at radius 1 is 0.909 bits per heavy atom. The Balaban J connectivity index is 2.80. The molecule has 11 heavy (non-hydrogen) atoms. The SMILES string of the molecule is BCCCCCCCC(Cl)Cl. The highest BCUT2D eigenvalue weighted by Crippen LogP contribution is 2.13. The summed E-state index contributed by atoms with van der Waals surface area (Å²) in [6.45, 7) is 0. The van der Waals surface area contributed by atoms with Gasteiger partial charge < -0.3 is 0 Å². The van der Waals surface area contributed by atoms with E-state index in [4.69, 9.17) is 23.2 Å². The summed E-state index contributed by atoms with van der Waals surface area (Å²) < 4.78 is 0. The fourth-order valence-electron chi connectivity index (χ4n) is 1.08. The van der Waals surface area contributed by atoms with Crippen LogP contribution < -0.4 is 0 Å². The first kappa shape index (κ1) is 11.6. The standard InChI is InChI=1S/C8H17BCl2/c9-7-5-3-1-2-4-6-8(10)11/h8H,1-7,9H2. The van der Waals surface area contributed by atoms with Gasteiger partial charge in [-0.1, -0.05) is 38.4 Å². The molecular formula is C8H17BCl2. The Labute approximate surface area is 81.1 Å². The lowest BCUT2D eigenvalue weighted by molar-refractivity contribution is 0.620. The monoisotopic (exact) mass is 194 g/mol. The van der Waals surface area contributed by atoms with Gasteiger partial charge in [0, 0.05) is 0 Å². The fraction of sp³-hybridized carbons (Fsp3) is 1.00. The van der Waals surface area contributed by atoms with Gasteiger partial charge in [0.25, 0.3) is 0 Å². The first-order valence-corrected chi connectivity index (χ1v) is 5.42. The lowest BCUT2D eigenvalue weighted by atomic mass is 9.98. The van der Waals surface area contributed by atoms with Gasteiger partial charge in [0.05, 0.1) is 0 Å². The Morgan fingerprint density at radius 2 is 1.45 bits per heavy atom. The zero-order valence-electron chi connectivity index (χ0n) is 7.28. The predicted molar refractivity (Wildman–Crippen MR) is 56.5 cm³/mol. The van der Waals surface area contributed by atoms with Crippen molar-refractivity contribution < 1.29 is 0 Å². The van der Waals surface area contributed by atoms with Crippen molar-refractivity contribution in [3.8, 4) is 0 Å². The van der Waals surface area contributed by atoms with Crippen LogP contribution in [0.25, 0.3) is 0 Å². The minimum Gasteiger partial charge on any atom is -0.105 e. The molecule has 0 fully saturated rings. The predicted octanol–water partition coefficient (Wildman–Crippen LogP) is 3.18. The van der Waals surface area contributed by atoms with Gasteiger partial charge in [0.2, 0.25) is 0 Å². The van der Waals surface area contributed by atoms with E-state index in [2.05, 4.69) is 7.85 Å². The number of unbranched alkanes of at least 4 members (excludes halogenated alkanes) is 4. The number of hydrogen-bond donors (Lipinski definition) is 0. The summed E-state index contributed by atoms with van der Waals surface area (Å²) in [7, 11) is 2.23. The number of alkyl halides is 2. The summed E-state index contributed by atoms with van der Waals surface area (Å²) in [5, 5.41) is 0. The fourth-order valence-corrected chi connectivity index (χ4v) is 1.39. The van der Waals surface area contributed by atoms with Crippen molar-refractivity contribution in [3.05, 3.63) is 0 Å². The van der Waals surface area contributed by atoms with Crippen molar-refractivity contribution in [2.75, 3.05) is 0 Å². The molecule has 66 valence electrons. The summed E-state index contributed by atoms with van der Waals surface area (Å²) in [6, 6.07) is 0. The average molecular weight is 195 g/mol. The summed E-state index contributed by atoms with van der Waals surface area (Å²) >= 11 is 11.2. The van der Waals surface area contributed by atoms with Crippen molar-refractivity contribution in [3.63, 3.8) is 0 Å². The molecule has 0 unspecified atom stereocenters. The van der Waals surface area contributed by atoms with Crippen LogP contribution in [0, 0.1) is 0 Å². The highest BCUT2D eigenvalue weighted by Gasteiger charge is 1.97. The zero-order chi connectivity index (χ0) is 8.53. The topological polar surface area (TPSA) is 0 Å². The molecule has 0 aromatic carbocycles. The van der Waals surface area contributed by atoms with Crippen LogP contribution in [0.4, 0.5) is 0 Å². The third-order valence-electron chi connectivity index (χ3n) is 1.78. The van der Waals surface area contributed by atoms with Crippen molar-refractivity contribution >= 4 is 31.0 Å². The van der Waals surface area contributed by atoms with E-state index in [1.165, 1.54) is 38.4 Å². The smallest absolute Gasteiger partial charge is 0.105 e. The van der Waals surface area contributed by atoms with E-state index in [1.807, 2.05) is 0 Å². The van der Waals surface area contributed by atoms with Gasteiger partial charge in [-0.2, -0.15) is 0 Å². The Bertz CT molecular complexity index is 76.5. The third kappa shape index (κ3) is 10.6. The first-order valence-electron chi connectivity index (χ1n) is 4.55. The van der Waals surface area contributed by atoms with Gasteiger partial charge in [0.15, 0.2) is 0 Å². The van der Waals surface area contributed by atoms with Gasteiger partial charge >= 0.3 is 0 Å². The maximum atomic E-state index is 5.58. The molecule has 0 saturated carbocycles. The summed E-state index contributed by atoms with van der Waals surface area (Å²) in [6.07, 6.45) is 8.81. The van der Waals surface area contributed by atoms with Gasteiger partial charge in [-0.25, -0.2) is 0 Å². The Hall–Kier alpha value is 0.645.